The Hall–Kier alpha value is -2.38. The van der Waals surface area contributed by atoms with Gasteiger partial charge in [-0.3, -0.25) is 0 Å². The minimum atomic E-state index is -0.502. The SMILES string of the molecule is CCCCNC(=O)N1CCN(c2cnc(C(=O)OC)cn2)CC1C(C)C. The maximum atomic E-state index is 12.5. The van der Waals surface area contributed by atoms with Gasteiger partial charge in [-0.15, -0.1) is 0 Å². The number of hydrogen-bond donors (Lipinski definition) is 1. The van der Waals surface area contributed by atoms with E-state index in [0.29, 0.717) is 37.9 Å². The van der Waals surface area contributed by atoms with Gasteiger partial charge in [0.2, 0.25) is 0 Å². The molecule has 1 saturated heterocycles. The number of esters is 1. The molecule has 1 unspecified atom stereocenters. The maximum absolute atomic E-state index is 12.5. The smallest absolute Gasteiger partial charge is 0.358 e. The van der Waals surface area contributed by atoms with Gasteiger partial charge in [-0.1, -0.05) is 27.2 Å². The van der Waals surface area contributed by atoms with Crippen molar-refractivity contribution in [3.63, 3.8) is 0 Å². The van der Waals surface area contributed by atoms with Gasteiger partial charge in [-0.2, -0.15) is 0 Å². The van der Waals surface area contributed by atoms with E-state index in [-0.39, 0.29) is 17.8 Å². The van der Waals surface area contributed by atoms with Gasteiger partial charge >= 0.3 is 12.0 Å². The minimum Gasteiger partial charge on any atom is -0.464 e. The molecule has 0 radical (unpaired) electrons. The molecular formula is C18H29N5O3. The zero-order valence-electron chi connectivity index (χ0n) is 16.1. The Balaban J connectivity index is 2.04. The van der Waals surface area contributed by atoms with Crippen LogP contribution in [0.25, 0.3) is 0 Å². The second-order valence-electron chi connectivity index (χ2n) is 6.79. The lowest BCUT2D eigenvalue weighted by Gasteiger charge is -2.43. The van der Waals surface area contributed by atoms with Crippen LogP contribution in [0.1, 0.15) is 44.1 Å². The maximum Gasteiger partial charge on any atom is 0.358 e. The Morgan fingerprint density at radius 2 is 2.08 bits per heavy atom. The van der Waals surface area contributed by atoms with Crippen molar-refractivity contribution < 1.29 is 14.3 Å². The number of nitrogens with one attached hydrogen (secondary N) is 1. The van der Waals surface area contributed by atoms with E-state index in [1.165, 1.54) is 13.3 Å². The summed E-state index contributed by atoms with van der Waals surface area (Å²) in [5.74, 6) is 0.518. The molecule has 8 nitrogen and oxygen atoms in total. The van der Waals surface area contributed by atoms with Crippen molar-refractivity contribution in [2.45, 2.75) is 39.7 Å². The molecule has 8 heteroatoms. The molecule has 2 amide bonds. The summed E-state index contributed by atoms with van der Waals surface area (Å²) in [4.78, 5) is 36.5. The summed E-state index contributed by atoms with van der Waals surface area (Å²) in [6.07, 6.45) is 5.05. The fourth-order valence-corrected chi connectivity index (χ4v) is 3.01. The lowest BCUT2D eigenvalue weighted by molar-refractivity contribution is 0.0593. The average molecular weight is 363 g/mol. The van der Waals surface area contributed by atoms with E-state index >= 15 is 0 Å². The number of hydrogen-bond acceptors (Lipinski definition) is 6. The average Bonchev–Trinajstić information content (AvgIpc) is 2.67. The van der Waals surface area contributed by atoms with Gasteiger partial charge in [0.15, 0.2) is 5.69 Å². The largest absolute Gasteiger partial charge is 0.464 e. The van der Waals surface area contributed by atoms with Crippen LogP contribution in [-0.4, -0.2) is 66.2 Å². The van der Waals surface area contributed by atoms with Crippen molar-refractivity contribution in [1.29, 1.82) is 0 Å². The van der Waals surface area contributed by atoms with E-state index in [1.54, 1.807) is 6.20 Å². The molecule has 0 spiro atoms. The molecule has 1 aromatic heterocycles. The summed E-state index contributed by atoms with van der Waals surface area (Å²) in [7, 11) is 1.32. The number of urea groups is 1. The normalized spacial score (nSPS) is 17.3. The molecule has 0 bridgehead atoms. The van der Waals surface area contributed by atoms with Crippen LogP contribution in [0.5, 0.6) is 0 Å². The predicted octanol–water partition coefficient (Wildman–Crippen LogP) is 1.92. The van der Waals surface area contributed by atoms with Crippen LogP contribution in [0, 0.1) is 5.92 Å². The second kappa shape index (κ2) is 9.35. The highest BCUT2D eigenvalue weighted by Crippen LogP contribution is 2.21. The molecule has 1 N–H and O–H groups in total. The van der Waals surface area contributed by atoms with Crippen LogP contribution in [-0.2, 0) is 4.74 Å². The summed E-state index contributed by atoms with van der Waals surface area (Å²) >= 11 is 0. The summed E-state index contributed by atoms with van der Waals surface area (Å²) in [6, 6.07) is 0.0939. The van der Waals surface area contributed by atoms with E-state index in [4.69, 9.17) is 0 Å². The minimum absolute atomic E-state index is 0.00363. The standard InChI is InChI=1S/C18H29N5O3/c1-5-6-7-19-18(25)23-9-8-22(12-15(23)13(2)3)16-11-20-14(10-21-16)17(24)26-4/h10-11,13,15H,5-9,12H2,1-4H3,(H,19,25). The lowest BCUT2D eigenvalue weighted by Crippen LogP contribution is -2.59. The van der Waals surface area contributed by atoms with Crippen LogP contribution in [0.4, 0.5) is 10.6 Å². The number of anilines is 1. The molecule has 1 aromatic rings. The zero-order valence-corrected chi connectivity index (χ0v) is 16.1. The zero-order chi connectivity index (χ0) is 19.1. The highest BCUT2D eigenvalue weighted by atomic mass is 16.5. The van der Waals surface area contributed by atoms with Gasteiger partial charge < -0.3 is 19.9 Å². The number of carbonyl (C=O) groups excluding carboxylic acids is 2. The third-order valence-corrected chi connectivity index (χ3v) is 4.61. The van der Waals surface area contributed by atoms with Crippen molar-refractivity contribution in [2.75, 3.05) is 38.2 Å². The molecule has 1 aliphatic rings. The van der Waals surface area contributed by atoms with Crippen LogP contribution >= 0.6 is 0 Å². The molecule has 1 atom stereocenters. The van der Waals surface area contributed by atoms with Crippen LogP contribution in [0.3, 0.4) is 0 Å². The summed E-state index contributed by atoms with van der Waals surface area (Å²) in [5, 5.41) is 3.01. The highest BCUT2D eigenvalue weighted by Gasteiger charge is 2.33. The summed E-state index contributed by atoms with van der Waals surface area (Å²) in [6.45, 7) is 9.04. The molecule has 2 heterocycles. The van der Waals surface area contributed by atoms with Crippen LogP contribution in [0.15, 0.2) is 12.4 Å². The number of carbonyl (C=O) groups is 2. The van der Waals surface area contributed by atoms with Crippen molar-refractivity contribution in [2.24, 2.45) is 5.92 Å². The number of nitrogens with zero attached hydrogens (tertiary/aromatic N) is 4. The Morgan fingerprint density at radius 1 is 1.31 bits per heavy atom. The van der Waals surface area contributed by atoms with Gasteiger partial charge in [0.1, 0.15) is 5.82 Å². The van der Waals surface area contributed by atoms with Crippen molar-refractivity contribution >= 4 is 17.8 Å². The summed E-state index contributed by atoms with van der Waals surface area (Å²) in [5.41, 5.74) is 0.186. The second-order valence-corrected chi connectivity index (χ2v) is 6.79. The molecule has 0 saturated carbocycles. The quantitative estimate of drug-likeness (QED) is 0.614. The van der Waals surface area contributed by atoms with E-state index in [9.17, 15) is 9.59 Å². The molecule has 2 rings (SSSR count). The van der Waals surface area contributed by atoms with Gasteiger partial charge in [-0.05, 0) is 12.3 Å². The number of piperazine rings is 1. The fourth-order valence-electron chi connectivity index (χ4n) is 3.01. The Bertz CT molecular complexity index is 605. The van der Waals surface area contributed by atoms with Gasteiger partial charge in [0, 0.05) is 26.2 Å². The first-order chi connectivity index (χ1) is 12.5. The number of amides is 2. The molecular weight excluding hydrogens is 334 g/mol. The third kappa shape index (κ3) is 4.83. The molecule has 144 valence electrons. The fraction of sp³-hybridized carbons (Fsp3) is 0.667. The highest BCUT2D eigenvalue weighted by molar-refractivity contribution is 5.86. The summed E-state index contributed by atoms with van der Waals surface area (Å²) < 4.78 is 4.64. The Labute approximate surface area is 154 Å². The van der Waals surface area contributed by atoms with Crippen molar-refractivity contribution in [3.8, 4) is 0 Å². The lowest BCUT2D eigenvalue weighted by atomic mass is 10.00. The Morgan fingerprint density at radius 3 is 2.65 bits per heavy atom. The molecule has 0 aromatic carbocycles. The van der Waals surface area contributed by atoms with Gasteiger partial charge in [0.25, 0.3) is 0 Å². The van der Waals surface area contributed by atoms with E-state index in [2.05, 4.69) is 45.7 Å². The molecule has 1 aliphatic heterocycles. The first-order valence-electron chi connectivity index (χ1n) is 9.17. The van der Waals surface area contributed by atoms with Crippen LogP contribution in [0.2, 0.25) is 0 Å². The number of ether oxygens (including phenoxy) is 1. The monoisotopic (exact) mass is 363 g/mol. The van der Waals surface area contributed by atoms with Crippen molar-refractivity contribution in [1.82, 2.24) is 20.2 Å². The van der Waals surface area contributed by atoms with Crippen LogP contribution < -0.4 is 10.2 Å². The van der Waals surface area contributed by atoms with Gasteiger partial charge in [-0.25, -0.2) is 19.6 Å². The molecule has 26 heavy (non-hydrogen) atoms. The first kappa shape index (κ1) is 19.9. The van der Waals surface area contributed by atoms with Gasteiger partial charge in [0.05, 0.1) is 25.5 Å². The third-order valence-electron chi connectivity index (χ3n) is 4.61. The molecule has 1 fully saturated rings. The Kier molecular flexibility index (Phi) is 7.17. The number of rotatable bonds is 6. The topological polar surface area (TPSA) is 87.7 Å². The van der Waals surface area contributed by atoms with E-state index in [0.717, 1.165) is 12.8 Å². The predicted molar refractivity (Wildman–Crippen MR) is 99.2 cm³/mol. The first-order valence-corrected chi connectivity index (χ1v) is 9.17. The number of methoxy groups -OCH3 is 1. The number of aromatic nitrogens is 2. The van der Waals surface area contributed by atoms with E-state index < -0.39 is 5.97 Å². The molecule has 0 aliphatic carbocycles. The number of unbranched alkanes of at least 4 members (excludes halogenated alkanes) is 1. The van der Waals surface area contributed by atoms with Crippen molar-refractivity contribution in [3.05, 3.63) is 18.1 Å². The van der Waals surface area contributed by atoms with E-state index in [1.807, 2.05) is 4.90 Å².